The summed E-state index contributed by atoms with van der Waals surface area (Å²) < 4.78 is 0. The molecular weight excluding hydrogens is 120 g/mol. The predicted octanol–water partition coefficient (Wildman–Crippen LogP) is 2.80. The lowest BCUT2D eigenvalue weighted by molar-refractivity contribution is 1.06. The summed E-state index contributed by atoms with van der Waals surface area (Å²) in [5, 5.41) is 0. The van der Waals surface area contributed by atoms with Crippen molar-refractivity contribution < 1.29 is 0 Å². The first-order valence-electron chi connectivity index (χ1n) is 2.76. The molecular formula is C5H13SSi. The van der Waals surface area contributed by atoms with Crippen molar-refractivity contribution in [3.8, 4) is 0 Å². The molecule has 7 heavy (non-hydrogen) atoms. The van der Waals surface area contributed by atoms with Crippen LogP contribution in [0.2, 0.25) is 19.1 Å². The van der Waals surface area contributed by atoms with E-state index in [0.29, 0.717) is 0 Å². The predicted molar refractivity (Wildman–Crippen MR) is 40.2 cm³/mol. The fourth-order valence-electron chi connectivity index (χ4n) is 0.602. The molecule has 0 aliphatic rings. The Morgan fingerprint density at radius 1 is 1.43 bits per heavy atom. The molecule has 0 nitrogen and oxygen atoms in total. The van der Waals surface area contributed by atoms with Crippen molar-refractivity contribution in [2.45, 2.75) is 32.5 Å². The highest BCUT2D eigenvalue weighted by Gasteiger charge is 2.12. The molecule has 1 radical (unpaired) electrons. The molecule has 43 valence electrons. The van der Waals surface area contributed by atoms with Crippen LogP contribution in [0.4, 0.5) is 0 Å². The molecule has 0 aliphatic carbocycles. The van der Waals surface area contributed by atoms with Crippen molar-refractivity contribution in [1.82, 2.24) is 0 Å². The molecule has 0 N–H and O–H groups in total. The number of hydrogen-bond acceptors (Lipinski definition) is 0. The van der Waals surface area contributed by atoms with E-state index in [1.165, 1.54) is 12.5 Å². The molecule has 0 aromatic carbocycles. The maximum absolute atomic E-state index is 5.22. The van der Waals surface area contributed by atoms with E-state index in [2.05, 4.69) is 20.0 Å². The van der Waals surface area contributed by atoms with Crippen LogP contribution in [-0.4, -0.2) is 7.22 Å². The van der Waals surface area contributed by atoms with Gasteiger partial charge in [0.2, 0.25) is 0 Å². The van der Waals surface area contributed by atoms with Gasteiger partial charge in [-0.2, -0.15) is 0 Å². The third kappa shape index (κ3) is 6.57. The summed E-state index contributed by atoms with van der Waals surface area (Å²) in [6.45, 7) is 6.65. The molecule has 0 unspecified atom stereocenters. The van der Waals surface area contributed by atoms with E-state index in [1.807, 2.05) is 0 Å². The van der Waals surface area contributed by atoms with Crippen LogP contribution in [0.3, 0.4) is 0 Å². The van der Waals surface area contributed by atoms with Crippen LogP contribution in [0.1, 0.15) is 13.3 Å². The van der Waals surface area contributed by atoms with Gasteiger partial charge < -0.3 is 0 Å². The van der Waals surface area contributed by atoms with Crippen molar-refractivity contribution in [3.05, 3.63) is 0 Å². The van der Waals surface area contributed by atoms with Crippen LogP contribution in [0.15, 0.2) is 0 Å². The van der Waals surface area contributed by atoms with E-state index >= 15 is 0 Å². The second-order valence-electron chi connectivity index (χ2n) is 2.51. The summed E-state index contributed by atoms with van der Waals surface area (Å²) in [6.07, 6.45) is 1.27. The van der Waals surface area contributed by atoms with Crippen LogP contribution in [0, 0.1) is 0 Å². The summed E-state index contributed by atoms with van der Waals surface area (Å²) >= 11 is 5.22. The molecule has 0 saturated carbocycles. The maximum atomic E-state index is 5.22. The number of rotatable bonds is 2. The van der Waals surface area contributed by atoms with Crippen molar-refractivity contribution in [1.29, 1.82) is 0 Å². The molecule has 0 aromatic rings. The van der Waals surface area contributed by atoms with Gasteiger partial charge in [-0.05, 0) is 6.04 Å². The smallest absolute Gasteiger partial charge is 0.124 e. The van der Waals surface area contributed by atoms with E-state index in [-0.39, 0.29) is 0 Å². The second-order valence-corrected chi connectivity index (χ2v) is 9.84. The van der Waals surface area contributed by atoms with Crippen LogP contribution >= 0.6 is 12.1 Å². The maximum Gasteiger partial charge on any atom is 0.124 e. The molecule has 0 saturated heterocycles. The monoisotopic (exact) mass is 133 g/mol. The average molecular weight is 133 g/mol. The Labute approximate surface area is 52.4 Å². The zero-order chi connectivity index (χ0) is 5.91. The van der Waals surface area contributed by atoms with E-state index in [0.717, 1.165) is 0 Å². The Hall–Kier alpha value is 0.567. The Morgan fingerprint density at radius 2 is 1.86 bits per heavy atom. The minimum absolute atomic E-state index is 1.07. The molecule has 0 spiro atoms. The molecule has 0 amide bonds. The highest BCUT2D eigenvalue weighted by Crippen LogP contribution is 2.14. The van der Waals surface area contributed by atoms with Gasteiger partial charge >= 0.3 is 0 Å². The molecule has 2 heteroatoms. The Morgan fingerprint density at radius 3 is 1.86 bits per heavy atom. The Kier molecular flexibility index (Phi) is 3.00. The lowest BCUT2D eigenvalue weighted by Gasteiger charge is -2.09. The molecule has 0 bridgehead atoms. The topological polar surface area (TPSA) is 0 Å². The minimum Gasteiger partial charge on any atom is -0.128 e. The van der Waals surface area contributed by atoms with Gasteiger partial charge in [-0.3, -0.25) is 0 Å². The second kappa shape index (κ2) is 2.77. The van der Waals surface area contributed by atoms with Gasteiger partial charge in [-0.25, -0.2) is 0 Å². The van der Waals surface area contributed by atoms with Crippen molar-refractivity contribution >= 4 is 19.3 Å². The highest BCUT2D eigenvalue weighted by molar-refractivity contribution is 8.14. The SMILES string of the molecule is CCC[Si](C)(C)[S]. The zero-order valence-corrected chi connectivity index (χ0v) is 7.14. The summed E-state index contributed by atoms with van der Waals surface area (Å²) in [5.41, 5.74) is 0. The zero-order valence-electron chi connectivity index (χ0n) is 5.32. The third-order valence-corrected chi connectivity index (χ3v) is 3.17. The summed E-state index contributed by atoms with van der Waals surface area (Å²) in [7, 11) is -1.07. The third-order valence-electron chi connectivity index (χ3n) is 0.852. The molecule has 0 aromatic heterocycles. The van der Waals surface area contributed by atoms with Gasteiger partial charge in [-0.15, -0.1) is 12.1 Å². The molecule has 0 rings (SSSR count). The van der Waals surface area contributed by atoms with Crippen molar-refractivity contribution in [3.63, 3.8) is 0 Å². The fraction of sp³-hybridized carbons (Fsp3) is 1.00. The standard InChI is InChI=1S/C5H13SSi/c1-4-5-7(2,3)6/h4-5H2,1-3H3. The fourth-order valence-corrected chi connectivity index (χ4v) is 2.42. The van der Waals surface area contributed by atoms with Gasteiger partial charge in [-0.1, -0.05) is 26.4 Å². The first kappa shape index (κ1) is 7.57. The van der Waals surface area contributed by atoms with Gasteiger partial charge in [0.1, 0.15) is 7.22 Å². The normalized spacial score (nSPS) is 12.0. The number of hydrogen-bond donors (Lipinski definition) is 0. The average Bonchev–Trinajstić information content (AvgIpc) is 1.30. The first-order chi connectivity index (χ1) is 3.06. The molecule has 0 heterocycles. The van der Waals surface area contributed by atoms with Crippen molar-refractivity contribution in [2.24, 2.45) is 0 Å². The lowest BCUT2D eigenvalue weighted by atomic mass is 10.6. The van der Waals surface area contributed by atoms with Gasteiger partial charge in [0.05, 0.1) is 0 Å². The van der Waals surface area contributed by atoms with Crippen LogP contribution < -0.4 is 0 Å². The van der Waals surface area contributed by atoms with Gasteiger partial charge in [0, 0.05) is 0 Å². The quantitative estimate of drug-likeness (QED) is 0.508. The van der Waals surface area contributed by atoms with E-state index < -0.39 is 7.22 Å². The first-order valence-corrected chi connectivity index (χ1v) is 7.10. The highest BCUT2D eigenvalue weighted by atomic mass is 32.3. The molecule has 0 atom stereocenters. The minimum atomic E-state index is -1.07. The Bertz CT molecular complexity index is 46.5. The molecule has 0 aliphatic heterocycles. The van der Waals surface area contributed by atoms with Crippen molar-refractivity contribution in [2.75, 3.05) is 0 Å². The summed E-state index contributed by atoms with van der Waals surface area (Å²) in [4.78, 5) is 0. The van der Waals surface area contributed by atoms with Crippen LogP contribution in [0.5, 0.6) is 0 Å². The summed E-state index contributed by atoms with van der Waals surface area (Å²) in [5.74, 6) is 0. The van der Waals surface area contributed by atoms with E-state index in [4.69, 9.17) is 12.1 Å². The molecule has 0 fully saturated rings. The largest absolute Gasteiger partial charge is 0.128 e. The van der Waals surface area contributed by atoms with Gasteiger partial charge in [0.25, 0.3) is 0 Å². The summed E-state index contributed by atoms with van der Waals surface area (Å²) in [6, 6.07) is 1.29. The van der Waals surface area contributed by atoms with Crippen LogP contribution in [0.25, 0.3) is 0 Å². The van der Waals surface area contributed by atoms with E-state index in [1.54, 1.807) is 0 Å². The lowest BCUT2D eigenvalue weighted by Crippen LogP contribution is -2.14. The van der Waals surface area contributed by atoms with Crippen LogP contribution in [-0.2, 0) is 0 Å². The van der Waals surface area contributed by atoms with E-state index in [9.17, 15) is 0 Å². The van der Waals surface area contributed by atoms with Gasteiger partial charge in [0.15, 0.2) is 0 Å². The Balaban J connectivity index is 3.15.